The topological polar surface area (TPSA) is 133 Å². The van der Waals surface area contributed by atoms with Crippen molar-refractivity contribution in [3.05, 3.63) is 108 Å². The van der Waals surface area contributed by atoms with Gasteiger partial charge in [-0.1, -0.05) is 30.3 Å². The van der Waals surface area contributed by atoms with Crippen LogP contribution in [-0.2, 0) is 0 Å². The van der Waals surface area contributed by atoms with Crippen LogP contribution in [-0.4, -0.2) is 45.2 Å². The predicted octanol–water partition coefficient (Wildman–Crippen LogP) is 6.51. The van der Waals surface area contributed by atoms with E-state index in [0.29, 0.717) is 17.1 Å². The van der Waals surface area contributed by atoms with Gasteiger partial charge < -0.3 is 24.8 Å². The Morgan fingerprint density at radius 1 is 0.600 bits per heavy atom. The molecule has 0 fully saturated rings. The van der Waals surface area contributed by atoms with E-state index in [1.807, 2.05) is 86.5 Å². The summed E-state index contributed by atoms with van der Waals surface area (Å²) in [4.78, 5) is 25.9. The molecule has 1 N–H and O–H groups in total. The van der Waals surface area contributed by atoms with Crippen molar-refractivity contribution in [1.29, 1.82) is 0 Å². The van der Waals surface area contributed by atoms with E-state index in [-0.39, 0.29) is 18.2 Å². The summed E-state index contributed by atoms with van der Waals surface area (Å²) >= 11 is 0. The average molecular weight is 539 g/mol. The second kappa shape index (κ2) is 14.0. The monoisotopic (exact) mass is 538 g/mol. The Bertz CT molecular complexity index is 1390. The number of anilines is 2. The highest BCUT2D eigenvalue weighted by Gasteiger charge is 2.08. The number of carboxylic acids is 2. The number of benzene rings is 4. The minimum atomic E-state index is -1.26. The summed E-state index contributed by atoms with van der Waals surface area (Å²) < 4.78 is 0. The maximum Gasteiger partial charge on any atom is 1.00 e. The lowest BCUT2D eigenvalue weighted by molar-refractivity contribution is -0.254. The van der Waals surface area contributed by atoms with Crippen LogP contribution in [0.5, 0.6) is 0 Å². The van der Waals surface area contributed by atoms with Gasteiger partial charge in [-0.2, -0.15) is 10.2 Å². The molecule has 4 aromatic carbocycles. The van der Waals surface area contributed by atoms with E-state index in [1.54, 1.807) is 36.4 Å². The van der Waals surface area contributed by atoms with E-state index in [9.17, 15) is 14.7 Å². The minimum Gasteiger partial charge on any atom is -0.545 e. The van der Waals surface area contributed by atoms with E-state index in [1.165, 1.54) is 12.1 Å². The molecule has 10 heteroatoms. The molecule has 0 radical (unpaired) electrons. The molecule has 0 amide bonds. The lowest BCUT2D eigenvalue weighted by Gasteiger charge is -2.11. The summed E-state index contributed by atoms with van der Waals surface area (Å²) in [5.41, 5.74) is 4.25. The fourth-order valence-corrected chi connectivity index (χ4v) is 3.33. The van der Waals surface area contributed by atoms with Crippen LogP contribution in [0.1, 0.15) is 22.1 Å². The van der Waals surface area contributed by atoms with Crippen molar-refractivity contribution in [2.24, 2.45) is 20.5 Å². The van der Waals surface area contributed by atoms with E-state index in [2.05, 4.69) is 20.5 Å². The highest BCUT2D eigenvalue weighted by atomic mass is 16.4. The maximum absolute atomic E-state index is 11.0. The summed E-state index contributed by atoms with van der Waals surface area (Å²) in [5.74, 6) is -2.27. The van der Waals surface area contributed by atoms with E-state index in [0.717, 1.165) is 11.4 Å². The molecule has 4 aromatic rings. The van der Waals surface area contributed by atoms with Crippen molar-refractivity contribution in [2.45, 2.75) is 0 Å². The molecule has 0 saturated carbocycles. The predicted molar refractivity (Wildman–Crippen MR) is 155 cm³/mol. The Hall–Kier alpha value is -5.38. The van der Waals surface area contributed by atoms with E-state index < -0.39 is 11.9 Å². The third kappa shape index (κ3) is 8.32. The summed E-state index contributed by atoms with van der Waals surface area (Å²) in [6.45, 7) is 0. The van der Waals surface area contributed by atoms with Gasteiger partial charge in [-0.3, -0.25) is 0 Å². The molecule has 40 heavy (non-hydrogen) atoms. The molecule has 0 atom stereocenters. The van der Waals surface area contributed by atoms with Gasteiger partial charge in [-0.25, -0.2) is 4.79 Å². The molecular weight excluding hydrogens is 508 g/mol. The van der Waals surface area contributed by atoms with Gasteiger partial charge in [0.05, 0.1) is 28.6 Å². The number of carbonyl (C=O) groups is 2. The van der Waals surface area contributed by atoms with Crippen molar-refractivity contribution < 1.29 is 21.2 Å². The quantitative estimate of drug-likeness (QED) is 0.254. The Labute approximate surface area is 234 Å². The molecule has 0 aliphatic rings. The van der Waals surface area contributed by atoms with Crippen LogP contribution in [0.2, 0.25) is 0 Å². The number of carbonyl (C=O) groups excluding carboxylic acids is 1. The Morgan fingerprint density at radius 2 is 0.975 bits per heavy atom. The van der Waals surface area contributed by atoms with Crippen LogP contribution >= 0.6 is 0 Å². The SMILES string of the molecule is CN(C)c1ccc(N=Nc2ccccc2C(=O)O)cc1.CN(C)c1ccc(N=Nc2ccccc2C(=O)[O-])cc1.[H+]. The van der Waals surface area contributed by atoms with Gasteiger partial charge >= 0.3 is 7.40 Å². The van der Waals surface area contributed by atoms with Crippen LogP contribution in [0, 0.1) is 0 Å². The summed E-state index contributed by atoms with van der Waals surface area (Å²) in [5, 5.41) is 36.1. The van der Waals surface area contributed by atoms with Crippen LogP contribution in [0.3, 0.4) is 0 Å². The lowest BCUT2D eigenvalue weighted by Crippen LogP contribution is -2.22. The van der Waals surface area contributed by atoms with E-state index in [4.69, 9.17) is 5.11 Å². The normalized spacial score (nSPS) is 10.7. The van der Waals surface area contributed by atoms with Gasteiger partial charge in [0.1, 0.15) is 5.69 Å². The zero-order valence-corrected chi connectivity index (χ0v) is 22.6. The van der Waals surface area contributed by atoms with Crippen molar-refractivity contribution in [2.75, 3.05) is 38.0 Å². The second-order valence-electron chi connectivity index (χ2n) is 8.85. The lowest BCUT2D eigenvalue weighted by atomic mass is 10.2. The molecule has 0 bridgehead atoms. The summed E-state index contributed by atoms with van der Waals surface area (Å²) in [6, 6.07) is 27.9. The molecule has 204 valence electrons. The summed E-state index contributed by atoms with van der Waals surface area (Å²) in [6.07, 6.45) is 0. The molecular formula is C30H30N6O4. The molecule has 0 aliphatic heterocycles. The molecule has 0 saturated heterocycles. The van der Waals surface area contributed by atoms with Crippen molar-refractivity contribution >= 4 is 46.1 Å². The highest BCUT2D eigenvalue weighted by Crippen LogP contribution is 2.25. The molecule has 0 heterocycles. The first-order chi connectivity index (χ1) is 19.2. The minimum absolute atomic E-state index is 0. The van der Waals surface area contributed by atoms with Crippen molar-refractivity contribution in [3.63, 3.8) is 0 Å². The number of carboxylic acid groups (broad SMARTS) is 2. The zero-order valence-electron chi connectivity index (χ0n) is 23.6. The molecule has 0 aliphatic carbocycles. The average Bonchev–Trinajstić information content (AvgIpc) is 2.96. The molecule has 0 aromatic heterocycles. The smallest absolute Gasteiger partial charge is 0.545 e. The Balaban J connectivity index is 0.000000280. The van der Waals surface area contributed by atoms with Gasteiger partial charge in [0.25, 0.3) is 0 Å². The maximum atomic E-state index is 11.0. The molecule has 0 unspecified atom stereocenters. The van der Waals surface area contributed by atoms with Gasteiger partial charge in [0.2, 0.25) is 0 Å². The largest absolute Gasteiger partial charge is 1.00 e. The first-order valence-electron chi connectivity index (χ1n) is 12.2. The number of hydrogen-bond donors (Lipinski definition) is 1. The number of nitrogens with zero attached hydrogens (tertiary/aromatic N) is 6. The fraction of sp³-hybridized carbons (Fsp3) is 0.133. The summed E-state index contributed by atoms with van der Waals surface area (Å²) in [7, 11) is 7.82. The number of aromatic carboxylic acids is 2. The number of hydrogen-bond acceptors (Lipinski definition) is 9. The standard InChI is InChI=1S/2C15H15N3O2/c2*1-18(2)12-9-7-11(8-10-12)16-17-14-6-4-3-5-13(14)15(19)20/h2*3-10H,1-2H3,(H,19,20). The fourth-order valence-electron chi connectivity index (χ4n) is 3.33. The van der Waals surface area contributed by atoms with E-state index >= 15 is 0 Å². The van der Waals surface area contributed by atoms with Crippen LogP contribution < -0.4 is 14.9 Å². The molecule has 10 nitrogen and oxygen atoms in total. The van der Waals surface area contributed by atoms with Crippen LogP contribution in [0.25, 0.3) is 0 Å². The third-order valence-corrected chi connectivity index (χ3v) is 5.54. The Morgan fingerprint density at radius 3 is 1.35 bits per heavy atom. The zero-order chi connectivity index (χ0) is 29.1. The first kappa shape index (κ1) is 29.2. The molecule has 4 rings (SSSR count). The second-order valence-corrected chi connectivity index (χ2v) is 8.85. The third-order valence-electron chi connectivity index (χ3n) is 5.54. The highest BCUT2D eigenvalue weighted by molar-refractivity contribution is 5.93. The van der Waals surface area contributed by atoms with Crippen molar-refractivity contribution in [1.82, 2.24) is 0 Å². The van der Waals surface area contributed by atoms with Gasteiger partial charge in [0.15, 0.2) is 0 Å². The van der Waals surface area contributed by atoms with Crippen molar-refractivity contribution in [3.8, 4) is 0 Å². The molecule has 0 spiro atoms. The van der Waals surface area contributed by atoms with Gasteiger partial charge in [-0.05, 0) is 66.7 Å². The number of rotatable bonds is 8. The van der Waals surface area contributed by atoms with Gasteiger partial charge in [-0.15, -0.1) is 10.2 Å². The number of azo groups is 2. The first-order valence-corrected chi connectivity index (χ1v) is 12.2. The Kier molecular flexibility index (Phi) is 10.2. The van der Waals surface area contributed by atoms with Crippen LogP contribution in [0.15, 0.2) is 118 Å². The van der Waals surface area contributed by atoms with Gasteiger partial charge in [0, 0.05) is 45.1 Å². The van der Waals surface area contributed by atoms with Crippen LogP contribution in [0.4, 0.5) is 34.1 Å².